The molecule has 2 aliphatic rings. The Kier molecular flexibility index (Phi) is 7.40. The maximum Gasteiger partial charge on any atom is 0.326 e. The molecule has 3 aromatic rings. The number of fused-ring (bicyclic) bond motifs is 2. The first kappa shape index (κ1) is 27.2. The van der Waals surface area contributed by atoms with Crippen LogP contribution in [0.5, 0.6) is 0 Å². The Morgan fingerprint density at radius 1 is 1.05 bits per heavy atom. The SMILES string of the molecule is CC(C)(C)CN1C(=O)C(CC(=O)N2CCC[C@@H]2C(=O)O)OC(c2cccc3ccccc23)c2cc(Cl)ccc21. The van der Waals surface area contributed by atoms with Gasteiger partial charge in [-0.3, -0.25) is 9.59 Å². The molecule has 0 radical (unpaired) electrons. The van der Waals surface area contributed by atoms with E-state index in [0.717, 1.165) is 21.9 Å². The van der Waals surface area contributed by atoms with Crippen molar-refractivity contribution in [3.8, 4) is 0 Å². The van der Waals surface area contributed by atoms with E-state index in [4.69, 9.17) is 16.3 Å². The summed E-state index contributed by atoms with van der Waals surface area (Å²) in [5.74, 6) is -1.75. The second kappa shape index (κ2) is 10.6. The summed E-state index contributed by atoms with van der Waals surface area (Å²) >= 11 is 6.50. The number of carboxylic acids is 1. The normalized spacial score (nSPS) is 21.6. The summed E-state index contributed by atoms with van der Waals surface area (Å²) in [6, 6.07) is 18.5. The Labute approximate surface area is 233 Å². The van der Waals surface area contributed by atoms with Crippen molar-refractivity contribution >= 4 is 45.8 Å². The number of nitrogens with zero attached hydrogens (tertiary/aromatic N) is 2. The van der Waals surface area contributed by atoms with Crippen molar-refractivity contribution in [1.82, 2.24) is 4.90 Å². The Hall–Kier alpha value is -3.42. The molecule has 5 rings (SSSR count). The number of anilines is 1. The van der Waals surface area contributed by atoms with Crippen LogP contribution in [0.15, 0.2) is 60.7 Å². The van der Waals surface area contributed by atoms with Gasteiger partial charge in [-0.25, -0.2) is 4.79 Å². The van der Waals surface area contributed by atoms with Crippen LogP contribution in [-0.2, 0) is 19.1 Å². The number of carbonyl (C=O) groups excluding carboxylic acids is 2. The summed E-state index contributed by atoms with van der Waals surface area (Å²) in [7, 11) is 0. The number of halogens is 1. The Morgan fingerprint density at radius 2 is 1.79 bits per heavy atom. The summed E-state index contributed by atoms with van der Waals surface area (Å²) in [5.41, 5.74) is 2.06. The number of ether oxygens (including phenoxy) is 1. The average Bonchev–Trinajstić information content (AvgIpc) is 3.36. The molecule has 3 aromatic carbocycles. The molecular formula is C31H33ClN2O5. The van der Waals surface area contributed by atoms with Gasteiger partial charge in [-0.05, 0) is 52.8 Å². The van der Waals surface area contributed by atoms with Gasteiger partial charge in [-0.1, -0.05) is 74.8 Å². The molecule has 0 aliphatic carbocycles. The lowest BCUT2D eigenvalue weighted by Gasteiger charge is -2.32. The monoisotopic (exact) mass is 548 g/mol. The van der Waals surface area contributed by atoms with Gasteiger partial charge in [-0.15, -0.1) is 0 Å². The lowest BCUT2D eigenvalue weighted by molar-refractivity contribution is -0.151. The first-order valence-corrected chi connectivity index (χ1v) is 13.7. The molecule has 0 saturated carbocycles. The van der Waals surface area contributed by atoms with E-state index in [2.05, 4.69) is 0 Å². The molecule has 2 unspecified atom stereocenters. The highest BCUT2D eigenvalue weighted by molar-refractivity contribution is 6.30. The van der Waals surface area contributed by atoms with Gasteiger partial charge in [0.05, 0.1) is 6.42 Å². The smallest absolute Gasteiger partial charge is 0.326 e. The van der Waals surface area contributed by atoms with Crippen LogP contribution < -0.4 is 4.90 Å². The number of amides is 2. The number of carbonyl (C=O) groups is 3. The molecule has 7 nitrogen and oxygen atoms in total. The van der Waals surface area contributed by atoms with Crippen LogP contribution in [0.4, 0.5) is 5.69 Å². The highest BCUT2D eigenvalue weighted by Crippen LogP contribution is 2.43. The van der Waals surface area contributed by atoms with E-state index >= 15 is 0 Å². The van der Waals surface area contributed by atoms with Crippen molar-refractivity contribution in [1.29, 1.82) is 0 Å². The topological polar surface area (TPSA) is 87.2 Å². The second-order valence-electron chi connectivity index (χ2n) is 11.5. The molecule has 1 N–H and O–H groups in total. The van der Waals surface area contributed by atoms with E-state index in [-0.39, 0.29) is 17.7 Å². The van der Waals surface area contributed by atoms with E-state index in [0.29, 0.717) is 36.6 Å². The van der Waals surface area contributed by atoms with Gasteiger partial charge in [-0.2, -0.15) is 0 Å². The number of hydrogen-bond donors (Lipinski definition) is 1. The molecule has 39 heavy (non-hydrogen) atoms. The minimum atomic E-state index is -1.11. The third kappa shape index (κ3) is 5.52. The summed E-state index contributed by atoms with van der Waals surface area (Å²) in [6.07, 6.45) is -1.01. The van der Waals surface area contributed by atoms with Crippen LogP contribution in [0.25, 0.3) is 10.8 Å². The zero-order chi connectivity index (χ0) is 27.9. The van der Waals surface area contributed by atoms with Crippen molar-refractivity contribution in [3.05, 3.63) is 76.8 Å². The minimum Gasteiger partial charge on any atom is -0.480 e. The number of likely N-dealkylation sites (tertiary alicyclic amines) is 1. The molecule has 0 aromatic heterocycles. The number of rotatable bonds is 5. The van der Waals surface area contributed by atoms with Gasteiger partial charge in [0.2, 0.25) is 5.91 Å². The number of benzene rings is 3. The van der Waals surface area contributed by atoms with E-state index in [1.54, 1.807) is 11.0 Å². The molecule has 8 heteroatoms. The lowest BCUT2D eigenvalue weighted by Crippen LogP contribution is -2.47. The first-order chi connectivity index (χ1) is 18.5. The number of aliphatic carboxylic acids is 1. The zero-order valence-electron chi connectivity index (χ0n) is 22.4. The van der Waals surface area contributed by atoms with Crippen LogP contribution in [0.2, 0.25) is 5.02 Å². The number of carboxylic acid groups (broad SMARTS) is 1. The molecule has 2 heterocycles. The van der Waals surface area contributed by atoms with Crippen molar-refractivity contribution < 1.29 is 24.2 Å². The maximum absolute atomic E-state index is 14.2. The fraction of sp³-hybridized carbons (Fsp3) is 0.387. The third-order valence-electron chi connectivity index (χ3n) is 7.36. The molecule has 3 atom stereocenters. The highest BCUT2D eigenvalue weighted by Gasteiger charge is 2.42. The Balaban J connectivity index is 1.63. The van der Waals surface area contributed by atoms with E-state index in [9.17, 15) is 19.5 Å². The third-order valence-corrected chi connectivity index (χ3v) is 7.60. The molecule has 1 saturated heterocycles. The van der Waals surface area contributed by atoms with Gasteiger partial charge in [0.15, 0.2) is 0 Å². The highest BCUT2D eigenvalue weighted by atomic mass is 35.5. The zero-order valence-corrected chi connectivity index (χ0v) is 23.1. The predicted molar refractivity (Wildman–Crippen MR) is 151 cm³/mol. The Bertz CT molecular complexity index is 1430. The van der Waals surface area contributed by atoms with Crippen molar-refractivity contribution in [2.75, 3.05) is 18.0 Å². The van der Waals surface area contributed by atoms with Gasteiger partial charge in [0, 0.05) is 29.4 Å². The van der Waals surface area contributed by atoms with Crippen molar-refractivity contribution in [2.24, 2.45) is 5.41 Å². The predicted octanol–water partition coefficient (Wildman–Crippen LogP) is 5.83. The van der Waals surface area contributed by atoms with Crippen LogP contribution in [0.1, 0.15) is 57.3 Å². The molecule has 0 bridgehead atoms. The standard InChI is InChI=1S/C31H33ClN2O5/c1-31(2,3)18-34-24-14-13-20(32)16-23(24)28(22-11-6-9-19-8-4-5-10-21(19)22)39-26(29(34)36)17-27(35)33-15-7-12-25(33)30(37)38/h4-6,8-11,13-14,16,25-26,28H,7,12,15,17-18H2,1-3H3,(H,37,38)/t25-,26?,28?/m1/s1. The summed E-state index contributed by atoms with van der Waals surface area (Å²) in [4.78, 5) is 42.4. The van der Waals surface area contributed by atoms with Crippen molar-refractivity contribution in [3.63, 3.8) is 0 Å². The van der Waals surface area contributed by atoms with E-state index < -0.39 is 30.1 Å². The molecule has 204 valence electrons. The van der Waals surface area contributed by atoms with E-state index in [1.807, 2.05) is 75.4 Å². The molecule has 2 aliphatic heterocycles. The van der Waals surface area contributed by atoms with Gasteiger partial charge in [0.25, 0.3) is 5.91 Å². The quantitative estimate of drug-likeness (QED) is 0.434. The maximum atomic E-state index is 14.2. The van der Waals surface area contributed by atoms with Gasteiger partial charge >= 0.3 is 5.97 Å². The largest absolute Gasteiger partial charge is 0.480 e. The number of hydrogen-bond acceptors (Lipinski definition) is 4. The molecule has 2 amide bonds. The minimum absolute atomic E-state index is 0.244. The first-order valence-electron chi connectivity index (χ1n) is 13.3. The molecule has 0 spiro atoms. The summed E-state index contributed by atoms with van der Waals surface area (Å²) in [5, 5.41) is 12.1. The fourth-order valence-corrected chi connectivity index (χ4v) is 5.84. The van der Waals surface area contributed by atoms with Crippen LogP contribution >= 0.6 is 11.6 Å². The fourth-order valence-electron chi connectivity index (χ4n) is 5.66. The van der Waals surface area contributed by atoms with Crippen LogP contribution in [-0.4, -0.2) is 53.0 Å². The van der Waals surface area contributed by atoms with Gasteiger partial charge in [0.1, 0.15) is 18.2 Å². The van der Waals surface area contributed by atoms with E-state index in [1.165, 1.54) is 4.90 Å². The lowest BCUT2D eigenvalue weighted by atomic mass is 9.93. The average molecular weight is 549 g/mol. The summed E-state index contributed by atoms with van der Waals surface area (Å²) < 4.78 is 6.63. The van der Waals surface area contributed by atoms with Crippen LogP contribution in [0.3, 0.4) is 0 Å². The van der Waals surface area contributed by atoms with Crippen molar-refractivity contribution in [2.45, 2.75) is 58.3 Å². The summed E-state index contributed by atoms with van der Waals surface area (Å²) in [6.45, 7) is 6.90. The molecule has 1 fully saturated rings. The van der Waals surface area contributed by atoms with Crippen LogP contribution in [0, 0.1) is 5.41 Å². The van der Waals surface area contributed by atoms with Gasteiger partial charge < -0.3 is 19.6 Å². The second-order valence-corrected chi connectivity index (χ2v) is 12.0. The molecular weight excluding hydrogens is 516 g/mol. The Morgan fingerprint density at radius 3 is 2.54 bits per heavy atom.